The van der Waals surface area contributed by atoms with Gasteiger partial charge in [0.25, 0.3) is 5.91 Å². The Morgan fingerprint density at radius 1 is 1.10 bits per heavy atom. The molecule has 0 aromatic heterocycles. The number of rotatable bonds is 6. The quantitative estimate of drug-likeness (QED) is 0.701. The van der Waals surface area contributed by atoms with Crippen molar-refractivity contribution < 1.29 is 22.7 Å². The summed E-state index contributed by atoms with van der Waals surface area (Å²) in [6.45, 7) is 2.38. The van der Waals surface area contributed by atoms with Crippen molar-refractivity contribution in [2.45, 2.75) is 30.8 Å². The monoisotopic (exact) mass is 436 g/mol. The Kier molecular flexibility index (Phi) is 6.56. The van der Waals surface area contributed by atoms with Crippen molar-refractivity contribution in [1.82, 2.24) is 4.31 Å². The largest absolute Gasteiger partial charge is 0.449 e. The lowest BCUT2D eigenvalue weighted by molar-refractivity contribution is -0.123. The summed E-state index contributed by atoms with van der Waals surface area (Å²) in [6, 6.07) is 12.2. The third-order valence-corrected chi connectivity index (χ3v) is 6.68. The van der Waals surface area contributed by atoms with Crippen LogP contribution in [0.15, 0.2) is 53.4 Å². The molecular weight excluding hydrogens is 416 g/mol. The SMILES string of the molecule is C[C@H](OC(=O)c1cccc(S(=O)(=O)N2CCCC2)c1)C(=O)Nc1ccc(Cl)cc1. The molecule has 0 spiro atoms. The molecule has 7 nitrogen and oxygen atoms in total. The zero-order valence-electron chi connectivity index (χ0n) is 15.8. The average molecular weight is 437 g/mol. The van der Waals surface area contributed by atoms with Crippen LogP contribution in [0.3, 0.4) is 0 Å². The van der Waals surface area contributed by atoms with Gasteiger partial charge in [-0.25, -0.2) is 13.2 Å². The van der Waals surface area contributed by atoms with E-state index in [1.807, 2.05) is 0 Å². The van der Waals surface area contributed by atoms with E-state index in [2.05, 4.69) is 5.32 Å². The Morgan fingerprint density at radius 3 is 2.41 bits per heavy atom. The highest BCUT2D eigenvalue weighted by Gasteiger charge is 2.28. The molecule has 1 saturated heterocycles. The fourth-order valence-electron chi connectivity index (χ4n) is 2.92. The molecule has 1 heterocycles. The molecule has 0 bridgehead atoms. The van der Waals surface area contributed by atoms with Gasteiger partial charge in [-0.3, -0.25) is 4.79 Å². The summed E-state index contributed by atoms with van der Waals surface area (Å²) in [5.41, 5.74) is 0.581. The molecule has 1 fully saturated rings. The highest BCUT2D eigenvalue weighted by Crippen LogP contribution is 2.22. The van der Waals surface area contributed by atoms with Gasteiger partial charge in [-0.05, 0) is 62.2 Å². The van der Waals surface area contributed by atoms with Gasteiger partial charge in [0.15, 0.2) is 6.10 Å². The normalized spacial score (nSPS) is 15.7. The first-order chi connectivity index (χ1) is 13.8. The van der Waals surface area contributed by atoms with Crippen LogP contribution in [0, 0.1) is 0 Å². The highest BCUT2D eigenvalue weighted by atomic mass is 35.5. The zero-order valence-corrected chi connectivity index (χ0v) is 17.4. The molecule has 3 rings (SSSR count). The second-order valence-corrected chi connectivity index (χ2v) is 9.06. The van der Waals surface area contributed by atoms with Crippen molar-refractivity contribution in [2.24, 2.45) is 0 Å². The highest BCUT2D eigenvalue weighted by molar-refractivity contribution is 7.89. The van der Waals surface area contributed by atoms with Gasteiger partial charge in [-0.1, -0.05) is 17.7 Å². The molecule has 1 amide bonds. The van der Waals surface area contributed by atoms with Crippen molar-refractivity contribution in [3.63, 3.8) is 0 Å². The van der Waals surface area contributed by atoms with Crippen LogP contribution in [0.2, 0.25) is 5.02 Å². The van der Waals surface area contributed by atoms with Crippen LogP contribution in [-0.4, -0.2) is 43.8 Å². The van der Waals surface area contributed by atoms with Crippen LogP contribution in [0.4, 0.5) is 5.69 Å². The lowest BCUT2D eigenvalue weighted by atomic mass is 10.2. The van der Waals surface area contributed by atoms with E-state index in [0.717, 1.165) is 12.8 Å². The first kappa shape index (κ1) is 21.3. The molecular formula is C20H21ClN2O5S. The Labute approximate surface area is 174 Å². The van der Waals surface area contributed by atoms with Crippen molar-refractivity contribution in [1.29, 1.82) is 0 Å². The van der Waals surface area contributed by atoms with Crippen LogP contribution in [0.5, 0.6) is 0 Å². The second kappa shape index (κ2) is 8.94. The van der Waals surface area contributed by atoms with Crippen molar-refractivity contribution in [3.05, 3.63) is 59.1 Å². The molecule has 2 aromatic rings. The van der Waals surface area contributed by atoms with Crippen LogP contribution in [0.1, 0.15) is 30.1 Å². The first-order valence-electron chi connectivity index (χ1n) is 9.15. The summed E-state index contributed by atoms with van der Waals surface area (Å²) in [6.07, 6.45) is 0.569. The Hall–Kier alpha value is -2.42. The van der Waals surface area contributed by atoms with E-state index in [-0.39, 0.29) is 10.5 Å². The maximum Gasteiger partial charge on any atom is 0.338 e. The van der Waals surface area contributed by atoms with Gasteiger partial charge < -0.3 is 10.1 Å². The van der Waals surface area contributed by atoms with Crippen molar-refractivity contribution in [3.8, 4) is 0 Å². The maximum atomic E-state index is 12.7. The number of sulfonamides is 1. The number of nitrogens with one attached hydrogen (secondary N) is 1. The van der Waals surface area contributed by atoms with E-state index < -0.39 is 28.0 Å². The Balaban J connectivity index is 1.67. The third-order valence-electron chi connectivity index (χ3n) is 4.54. The third kappa shape index (κ3) is 5.14. The Bertz CT molecular complexity index is 1000. The molecule has 1 aliphatic rings. The van der Waals surface area contributed by atoms with E-state index in [9.17, 15) is 18.0 Å². The minimum atomic E-state index is -3.65. The molecule has 9 heteroatoms. The minimum Gasteiger partial charge on any atom is -0.449 e. The minimum absolute atomic E-state index is 0.0344. The van der Waals surface area contributed by atoms with Gasteiger partial charge in [0.05, 0.1) is 10.5 Å². The number of hydrogen-bond donors (Lipinski definition) is 1. The number of carbonyl (C=O) groups excluding carboxylic acids is 2. The van der Waals surface area contributed by atoms with E-state index in [1.165, 1.54) is 35.5 Å². The fraction of sp³-hybridized carbons (Fsp3) is 0.300. The van der Waals surface area contributed by atoms with E-state index in [0.29, 0.717) is 23.8 Å². The number of esters is 1. The van der Waals surface area contributed by atoms with Crippen molar-refractivity contribution >= 4 is 39.2 Å². The van der Waals surface area contributed by atoms with Gasteiger partial charge in [0.2, 0.25) is 10.0 Å². The summed E-state index contributed by atoms with van der Waals surface area (Å²) in [5, 5.41) is 3.15. The summed E-state index contributed by atoms with van der Waals surface area (Å²) in [7, 11) is -3.65. The predicted octanol–water partition coefficient (Wildman–Crippen LogP) is 3.31. The van der Waals surface area contributed by atoms with Gasteiger partial charge >= 0.3 is 5.97 Å². The molecule has 1 aliphatic heterocycles. The molecule has 154 valence electrons. The molecule has 1 atom stereocenters. The number of nitrogens with zero attached hydrogens (tertiary/aromatic N) is 1. The molecule has 0 unspecified atom stereocenters. The van der Waals surface area contributed by atoms with Crippen LogP contribution >= 0.6 is 11.6 Å². The van der Waals surface area contributed by atoms with Crippen LogP contribution in [0.25, 0.3) is 0 Å². The number of ether oxygens (including phenoxy) is 1. The lowest BCUT2D eigenvalue weighted by Gasteiger charge is -2.16. The molecule has 0 saturated carbocycles. The summed E-state index contributed by atoms with van der Waals surface area (Å²) >= 11 is 5.81. The number of halogens is 1. The zero-order chi connectivity index (χ0) is 21.0. The number of benzene rings is 2. The average Bonchev–Trinajstić information content (AvgIpc) is 3.25. The number of anilines is 1. The van der Waals surface area contributed by atoms with Gasteiger partial charge in [-0.2, -0.15) is 4.31 Å². The topological polar surface area (TPSA) is 92.8 Å². The standard InChI is InChI=1S/C20H21ClN2O5S/c1-14(19(24)22-17-9-7-16(21)8-10-17)28-20(25)15-5-4-6-18(13-15)29(26,27)23-11-2-3-12-23/h4-10,13-14H,2-3,11-12H2,1H3,(H,22,24)/t14-/m0/s1. The van der Waals surface area contributed by atoms with Crippen LogP contribution < -0.4 is 5.32 Å². The van der Waals surface area contributed by atoms with E-state index in [1.54, 1.807) is 24.3 Å². The predicted molar refractivity (Wildman–Crippen MR) is 109 cm³/mol. The fourth-order valence-corrected chi connectivity index (χ4v) is 4.61. The molecule has 2 aromatic carbocycles. The number of carbonyl (C=O) groups is 2. The molecule has 0 radical (unpaired) electrons. The van der Waals surface area contributed by atoms with E-state index >= 15 is 0 Å². The van der Waals surface area contributed by atoms with E-state index in [4.69, 9.17) is 16.3 Å². The summed E-state index contributed by atoms with van der Waals surface area (Å²) in [4.78, 5) is 24.7. The number of amides is 1. The first-order valence-corrected chi connectivity index (χ1v) is 11.0. The second-order valence-electron chi connectivity index (χ2n) is 6.68. The maximum absolute atomic E-state index is 12.7. The smallest absolute Gasteiger partial charge is 0.338 e. The molecule has 1 N–H and O–H groups in total. The molecule has 0 aliphatic carbocycles. The molecule has 29 heavy (non-hydrogen) atoms. The van der Waals surface area contributed by atoms with Gasteiger partial charge in [0, 0.05) is 23.8 Å². The lowest BCUT2D eigenvalue weighted by Crippen LogP contribution is -2.30. The van der Waals surface area contributed by atoms with Crippen molar-refractivity contribution in [2.75, 3.05) is 18.4 Å². The van der Waals surface area contributed by atoms with Gasteiger partial charge in [0.1, 0.15) is 0 Å². The van der Waals surface area contributed by atoms with Crippen LogP contribution in [-0.2, 0) is 19.6 Å². The summed E-state index contributed by atoms with van der Waals surface area (Å²) < 4.78 is 31.9. The summed E-state index contributed by atoms with van der Waals surface area (Å²) in [5.74, 6) is -1.29. The number of hydrogen-bond acceptors (Lipinski definition) is 5. The van der Waals surface area contributed by atoms with Gasteiger partial charge in [-0.15, -0.1) is 0 Å². The Morgan fingerprint density at radius 2 is 1.76 bits per heavy atom.